The number of phenolic OH excluding ortho intramolecular Hbond substituents is 1. The van der Waals surface area contributed by atoms with Crippen LogP contribution < -0.4 is 5.73 Å². The molecule has 3 N–H and O–H groups in total. The summed E-state index contributed by atoms with van der Waals surface area (Å²) in [5.74, 6) is -0.214. The number of carbonyl (C=O) groups excluding carboxylic acids is 1. The number of thiophene rings is 1. The zero-order chi connectivity index (χ0) is 10.3. The Kier molecular flexibility index (Phi) is 1.93. The van der Waals surface area contributed by atoms with Crippen molar-refractivity contribution in [2.24, 2.45) is 5.73 Å². The van der Waals surface area contributed by atoms with Gasteiger partial charge >= 0.3 is 0 Å². The Hall–Kier alpha value is -1.55. The van der Waals surface area contributed by atoms with Gasteiger partial charge in [0, 0.05) is 15.0 Å². The fourth-order valence-corrected chi connectivity index (χ4v) is 2.62. The van der Waals surface area contributed by atoms with Gasteiger partial charge in [0.1, 0.15) is 5.75 Å². The minimum absolute atomic E-state index is 0.203. The molecule has 1 aromatic heterocycles. The largest absolute Gasteiger partial charge is 0.508 e. The second-order valence-corrected chi connectivity index (χ2v) is 4.33. The molecule has 1 amide bonds. The van der Waals surface area contributed by atoms with Crippen molar-refractivity contribution in [3.63, 3.8) is 0 Å². The second-order valence-electron chi connectivity index (χ2n) is 3.08. The quantitative estimate of drug-likeness (QED) is 0.751. The van der Waals surface area contributed by atoms with Crippen LogP contribution in [0.5, 0.6) is 5.75 Å². The Bertz CT molecular complexity index is 516. The lowest BCUT2D eigenvalue weighted by Gasteiger charge is -1.95. The van der Waals surface area contributed by atoms with E-state index in [1.54, 1.807) is 18.2 Å². The van der Waals surface area contributed by atoms with E-state index in [0.29, 0.717) is 5.56 Å². The fraction of sp³-hybridized carbons (Fsp3) is 0.100. The van der Waals surface area contributed by atoms with Crippen LogP contribution >= 0.6 is 11.3 Å². The number of benzene rings is 1. The zero-order valence-electron chi connectivity index (χ0n) is 7.57. The Morgan fingerprint density at radius 1 is 1.50 bits per heavy atom. The Balaban J connectivity index is 2.84. The van der Waals surface area contributed by atoms with Gasteiger partial charge in [0.05, 0.1) is 5.56 Å². The van der Waals surface area contributed by atoms with E-state index < -0.39 is 5.91 Å². The van der Waals surface area contributed by atoms with Crippen molar-refractivity contribution >= 4 is 27.3 Å². The smallest absolute Gasteiger partial charge is 0.250 e. The van der Waals surface area contributed by atoms with Gasteiger partial charge < -0.3 is 10.8 Å². The van der Waals surface area contributed by atoms with Gasteiger partial charge in [-0.3, -0.25) is 4.79 Å². The first-order valence-electron chi connectivity index (χ1n) is 4.11. The molecule has 0 spiro atoms. The summed E-state index contributed by atoms with van der Waals surface area (Å²) < 4.78 is 0.885. The molecule has 72 valence electrons. The third kappa shape index (κ3) is 1.24. The van der Waals surface area contributed by atoms with Crippen molar-refractivity contribution in [2.75, 3.05) is 0 Å². The van der Waals surface area contributed by atoms with Crippen LogP contribution in [-0.4, -0.2) is 11.0 Å². The molecule has 1 heterocycles. The van der Waals surface area contributed by atoms with Crippen molar-refractivity contribution in [2.45, 2.75) is 6.92 Å². The number of carbonyl (C=O) groups is 1. The van der Waals surface area contributed by atoms with E-state index in [0.717, 1.165) is 15.0 Å². The molecule has 0 aliphatic rings. The molecule has 4 heteroatoms. The van der Waals surface area contributed by atoms with Crippen LogP contribution in [0.3, 0.4) is 0 Å². The maximum Gasteiger partial charge on any atom is 0.250 e. The number of hydrogen-bond donors (Lipinski definition) is 2. The molecule has 14 heavy (non-hydrogen) atoms. The van der Waals surface area contributed by atoms with E-state index in [4.69, 9.17) is 5.73 Å². The second kappa shape index (κ2) is 2.99. The number of hydrogen-bond acceptors (Lipinski definition) is 3. The van der Waals surface area contributed by atoms with Crippen LogP contribution in [-0.2, 0) is 0 Å². The van der Waals surface area contributed by atoms with Gasteiger partial charge in [-0.1, -0.05) is 0 Å². The number of nitrogens with two attached hydrogens (primary N) is 1. The van der Waals surface area contributed by atoms with Crippen LogP contribution in [0.2, 0.25) is 0 Å². The van der Waals surface area contributed by atoms with Crippen LogP contribution in [0.1, 0.15) is 15.2 Å². The highest BCUT2D eigenvalue weighted by molar-refractivity contribution is 7.19. The zero-order valence-corrected chi connectivity index (χ0v) is 8.39. The first kappa shape index (κ1) is 9.02. The highest BCUT2D eigenvalue weighted by Crippen LogP contribution is 2.32. The van der Waals surface area contributed by atoms with Crippen molar-refractivity contribution in [3.05, 3.63) is 28.6 Å². The van der Waals surface area contributed by atoms with Crippen LogP contribution in [0.25, 0.3) is 10.1 Å². The molecule has 0 saturated heterocycles. The topological polar surface area (TPSA) is 63.3 Å². The average Bonchev–Trinajstić information content (AvgIpc) is 2.39. The molecule has 0 atom stereocenters. The van der Waals surface area contributed by atoms with Gasteiger partial charge in [-0.05, 0) is 25.1 Å². The molecular weight excluding hydrogens is 198 g/mol. The number of primary amides is 1. The molecule has 0 aliphatic heterocycles. The van der Waals surface area contributed by atoms with E-state index in [1.807, 2.05) is 6.92 Å². The minimum Gasteiger partial charge on any atom is -0.508 e. The Morgan fingerprint density at radius 2 is 2.21 bits per heavy atom. The molecule has 0 bridgehead atoms. The van der Waals surface area contributed by atoms with Gasteiger partial charge in [0.25, 0.3) is 0 Å². The minimum atomic E-state index is -0.417. The lowest BCUT2D eigenvalue weighted by molar-refractivity contribution is 0.100. The lowest BCUT2D eigenvalue weighted by Crippen LogP contribution is -2.11. The first-order chi connectivity index (χ1) is 6.59. The van der Waals surface area contributed by atoms with Gasteiger partial charge in [0.2, 0.25) is 5.91 Å². The highest BCUT2D eigenvalue weighted by Gasteiger charge is 2.13. The predicted octanol–water partition coefficient (Wildman–Crippen LogP) is 2.01. The summed E-state index contributed by atoms with van der Waals surface area (Å²) in [7, 11) is 0. The molecule has 0 saturated carbocycles. The molecule has 0 aliphatic carbocycles. The highest BCUT2D eigenvalue weighted by atomic mass is 32.1. The van der Waals surface area contributed by atoms with E-state index in [1.165, 1.54) is 11.3 Å². The Morgan fingerprint density at radius 3 is 2.86 bits per heavy atom. The first-order valence-corrected chi connectivity index (χ1v) is 4.93. The van der Waals surface area contributed by atoms with Crippen LogP contribution in [0, 0.1) is 6.92 Å². The fourth-order valence-electron chi connectivity index (χ4n) is 1.51. The number of rotatable bonds is 1. The number of aromatic hydroxyl groups is 1. The maximum absolute atomic E-state index is 11.1. The summed E-state index contributed by atoms with van der Waals surface area (Å²) >= 11 is 1.46. The summed E-state index contributed by atoms with van der Waals surface area (Å²) in [4.78, 5) is 12.0. The summed E-state index contributed by atoms with van der Waals surface area (Å²) in [6, 6.07) is 4.91. The number of fused-ring (bicyclic) bond motifs is 1. The summed E-state index contributed by atoms with van der Waals surface area (Å²) in [5, 5.41) is 10.1. The molecule has 1 aromatic carbocycles. The predicted molar refractivity (Wildman–Crippen MR) is 56.7 cm³/mol. The third-order valence-corrected chi connectivity index (χ3v) is 3.16. The van der Waals surface area contributed by atoms with Crippen molar-refractivity contribution in [1.29, 1.82) is 0 Å². The number of amides is 1. The van der Waals surface area contributed by atoms with Gasteiger partial charge in [0.15, 0.2) is 0 Å². The third-order valence-electron chi connectivity index (χ3n) is 2.10. The van der Waals surface area contributed by atoms with Gasteiger partial charge in [-0.2, -0.15) is 0 Å². The molecule has 0 radical (unpaired) electrons. The summed E-state index contributed by atoms with van der Waals surface area (Å²) in [6.45, 7) is 1.85. The average molecular weight is 207 g/mol. The van der Waals surface area contributed by atoms with Crippen molar-refractivity contribution in [3.8, 4) is 5.75 Å². The maximum atomic E-state index is 11.1. The van der Waals surface area contributed by atoms with Crippen molar-refractivity contribution in [1.82, 2.24) is 0 Å². The normalized spacial score (nSPS) is 10.6. The molecular formula is C10H9NO2S. The molecule has 0 unspecified atom stereocenters. The van der Waals surface area contributed by atoms with Gasteiger partial charge in [-0.15, -0.1) is 11.3 Å². The van der Waals surface area contributed by atoms with E-state index in [-0.39, 0.29) is 5.75 Å². The molecule has 0 fully saturated rings. The lowest BCUT2D eigenvalue weighted by atomic mass is 10.1. The summed E-state index contributed by atoms with van der Waals surface area (Å²) in [6.07, 6.45) is 0. The monoisotopic (exact) mass is 207 g/mol. The van der Waals surface area contributed by atoms with Crippen LogP contribution in [0.4, 0.5) is 0 Å². The standard InChI is InChI=1S/C10H9NO2S/c1-5-9(10(11)13)7-3-2-6(12)4-8(7)14-5/h2-4,12H,1H3,(H2,11,13). The van der Waals surface area contributed by atoms with Crippen LogP contribution in [0.15, 0.2) is 18.2 Å². The SMILES string of the molecule is Cc1sc2cc(O)ccc2c1C(N)=O. The molecule has 3 nitrogen and oxygen atoms in total. The van der Waals surface area contributed by atoms with Crippen molar-refractivity contribution < 1.29 is 9.90 Å². The summed E-state index contributed by atoms with van der Waals surface area (Å²) in [5.41, 5.74) is 5.83. The number of aryl methyl sites for hydroxylation is 1. The van der Waals surface area contributed by atoms with E-state index in [9.17, 15) is 9.90 Å². The Labute approximate surface area is 84.8 Å². The molecule has 2 rings (SSSR count). The molecule has 2 aromatic rings. The van der Waals surface area contributed by atoms with Gasteiger partial charge in [-0.25, -0.2) is 0 Å². The van der Waals surface area contributed by atoms with E-state index in [2.05, 4.69) is 0 Å². The van der Waals surface area contributed by atoms with E-state index >= 15 is 0 Å². The number of phenols is 1.